The summed E-state index contributed by atoms with van der Waals surface area (Å²) in [6.45, 7) is 5.93. The molecule has 0 unspecified atom stereocenters. The third-order valence-electron chi connectivity index (χ3n) is 2.51. The Bertz CT molecular complexity index is 257. The number of piperazine rings is 1. The SMILES string of the molecule is CC(C)C(=O)N1CCN(C)C[C@@H]1C#N. The van der Waals surface area contributed by atoms with Gasteiger partial charge in [0.25, 0.3) is 0 Å². The van der Waals surface area contributed by atoms with E-state index in [9.17, 15) is 4.79 Å². The van der Waals surface area contributed by atoms with Crippen molar-refractivity contribution in [1.82, 2.24) is 9.80 Å². The first-order chi connectivity index (χ1) is 6.56. The molecule has 4 nitrogen and oxygen atoms in total. The molecule has 0 bridgehead atoms. The van der Waals surface area contributed by atoms with Crippen LogP contribution in [0.25, 0.3) is 0 Å². The van der Waals surface area contributed by atoms with E-state index in [1.165, 1.54) is 0 Å². The van der Waals surface area contributed by atoms with Crippen LogP contribution in [0.4, 0.5) is 0 Å². The fraction of sp³-hybridized carbons (Fsp3) is 0.800. The molecule has 1 aliphatic heterocycles. The second-order valence-electron chi connectivity index (χ2n) is 4.09. The highest BCUT2D eigenvalue weighted by molar-refractivity contribution is 5.78. The molecule has 1 atom stereocenters. The van der Waals surface area contributed by atoms with E-state index in [-0.39, 0.29) is 17.9 Å². The molecule has 1 rings (SSSR count). The van der Waals surface area contributed by atoms with Gasteiger partial charge in [-0.15, -0.1) is 0 Å². The van der Waals surface area contributed by atoms with Crippen LogP contribution in [-0.4, -0.2) is 48.4 Å². The molecule has 0 aromatic carbocycles. The van der Waals surface area contributed by atoms with Crippen LogP contribution in [0.5, 0.6) is 0 Å². The Kier molecular flexibility index (Phi) is 3.48. The lowest BCUT2D eigenvalue weighted by Gasteiger charge is -2.37. The van der Waals surface area contributed by atoms with Gasteiger partial charge in [0, 0.05) is 25.6 Å². The van der Waals surface area contributed by atoms with E-state index in [1.807, 2.05) is 20.9 Å². The van der Waals surface area contributed by atoms with Gasteiger partial charge >= 0.3 is 0 Å². The number of carbonyl (C=O) groups is 1. The lowest BCUT2D eigenvalue weighted by atomic mass is 10.1. The average Bonchev–Trinajstić information content (AvgIpc) is 2.16. The molecule has 0 saturated carbocycles. The Balaban J connectivity index is 2.69. The molecule has 4 heteroatoms. The molecule has 78 valence electrons. The molecule has 1 saturated heterocycles. The summed E-state index contributed by atoms with van der Waals surface area (Å²) in [6.07, 6.45) is 0. The maximum atomic E-state index is 11.7. The van der Waals surface area contributed by atoms with Crippen molar-refractivity contribution in [3.63, 3.8) is 0 Å². The second-order valence-corrected chi connectivity index (χ2v) is 4.09. The fourth-order valence-electron chi connectivity index (χ4n) is 1.63. The minimum atomic E-state index is -0.274. The molecule has 1 amide bonds. The topological polar surface area (TPSA) is 47.3 Å². The molecule has 1 aliphatic rings. The predicted molar refractivity (Wildman–Crippen MR) is 53.4 cm³/mol. The highest BCUT2D eigenvalue weighted by Crippen LogP contribution is 2.11. The van der Waals surface area contributed by atoms with Gasteiger partial charge in [0.1, 0.15) is 6.04 Å². The number of nitrogens with zero attached hydrogens (tertiary/aromatic N) is 3. The van der Waals surface area contributed by atoms with E-state index in [1.54, 1.807) is 4.90 Å². The van der Waals surface area contributed by atoms with Crippen molar-refractivity contribution >= 4 is 5.91 Å². The largest absolute Gasteiger partial charge is 0.324 e. The van der Waals surface area contributed by atoms with Gasteiger partial charge in [0.15, 0.2) is 0 Å². The Morgan fingerprint density at radius 2 is 2.14 bits per heavy atom. The fourth-order valence-corrected chi connectivity index (χ4v) is 1.63. The molecule has 14 heavy (non-hydrogen) atoms. The van der Waals surface area contributed by atoms with E-state index < -0.39 is 0 Å². The summed E-state index contributed by atoms with van der Waals surface area (Å²) in [7, 11) is 1.97. The number of carbonyl (C=O) groups excluding carboxylic acids is 1. The van der Waals surface area contributed by atoms with Crippen LogP contribution in [0, 0.1) is 17.2 Å². The molecular formula is C10H17N3O. The van der Waals surface area contributed by atoms with E-state index >= 15 is 0 Å². The molecule has 0 aromatic heterocycles. The zero-order chi connectivity index (χ0) is 10.7. The minimum absolute atomic E-state index is 0.0192. The third-order valence-corrected chi connectivity index (χ3v) is 2.51. The van der Waals surface area contributed by atoms with Crippen molar-refractivity contribution < 1.29 is 4.79 Å². The molecule has 0 aromatic rings. The van der Waals surface area contributed by atoms with Crippen molar-refractivity contribution in [3.05, 3.63) is 0 Å². The zero-order valence-corrected chi connectivity index (χ0v) is 9.03. The van der Waals surface area contributed by atoms with E-state index in [0.29, 0.717) is 13.1 Å². The molecule has 0 N–H and O–H groups in total. The monoisotopic (exact) mass is 195 g/mol. The number of hydrogen-bond donors (Lipinski definition) is 0. The number of hydrogen-bond acceptors (Lipinski definition) is 3. The summed E-state index contributed by atoms with van der Waals surface area (Å²) in [5.74, 6) is 0.0684. The maximum Gasteiger partial charge on any atom is 0.226 e. The van der Waals surface area contributed by atoms with Gasteiger partial charge in [0.2, 0.25) is 5.91 Å². The quantitative estimate of drug-likeness (QED) is 0.605. The summed E-state index contributed by atoms with van der Waals surface area (Å²) in [5, 5.41) is 8.94. The number of nitriles is 1. The van der Waals surface area contributed by atoms with Crippen LogP contribution in [0.2, 0.25) is 0 Å². The molecule has 0 spiro atoms. The van der Waals surface area contributed by atoms with Crippen LogP contribution in [0.1, 0.15) is 13.8 Å². The summed E-state index contributed by atoms with van der Waals surface area (Å²) >= 11 is 0. The smallest absolute Gasteiger partial charge is 0.226 e. The highest BCUT2D eigenvalue weighted by Gasteiger charge is 2.29. The zero-order valence-electron chi connectivity index (χ0n) is 9.03. The molecular weight excluding hydrogens is 178 g/mol. The predicted octanol–water partition coefficient (Wildman–Crippen LogP) is 0.309. The standard InChI is InChI=1S/C10H17N3O/c1-8(2)10(14)13-5-4-12(3)7-9(13)6-11/h8-9H,4-5,7H2,1-3H3/t9-/m0/s1. The van der Waals surface area contributed by atoms with Crippen molar-refractivity contribution in [2.75, 3.05) is 26.7 Å². The first-order valence-corrected chi connectivity index (χ1v) is 4.95. The average molecular weight is 195 g/mol. The number of amides is 1. The number of likely N-dealkylation sites (N-methyl/N-ethyl adjacent to an activating group) is 1. The van der Waals surface area contributed by atoms with Gasteiger partial charge in [-0.25, -0.2) is 0 Å². The van der Waals surface area contributed by atoms with Gasteiger partial charge < -0.3 is 9.80 Å². The van der Waals surface area contributed by atoms with Gasteiger partial charge in [-0.3, -0.25) is 4.79 Å². The van der Waals surface area contributed by atoms with Crippen molar-refractivity contribution in [2.45, 2.75) is 19.9 Å². The Morgan fingerprint density at radius 1 is 1.50 bits per heavy atom. The Hall–Kier alpha value is -1.08. The summed E-state index contributed by atoms with van der Waals surface area (Å²) in [4.78, 5) is 15.5. The lowest BCUT2D eigenvalue weighted by Crippen LogP contribution is -2.54. The van der Waals surface area contributed by atoms with Crippen molar-refractivity contribution in [2.24, 2.45) is 5.92 Å². The van der Waals surface area contributed by atoms with Crippen LogP contribution < -0.4 is 0 Å². The summed E-state index contributed by atoms with van der Waals surface area (Å²) < 4.78 is 0. The van der Waals surface area contributed by atoms with Crippen LogP contribution in [-0.2, 0) is 4.79 Å². The van der Waals surface area contributed by atoms with E-state index in [4.69, 9.17) is 5.26 Å². The molecule has 0 radical (unpaired) electrons. The Labute approximate surface area is 85.1 Å². The summed E-state index contributed by atoms with van der Waals surface area (Å²) in [6, 6.07) is 1.91. The summed E-state index contributed by atoms with van der Waals surface area (Å²) in [5.41, 5.74) is 0. The van der Waals surface area contributed by atoms with Gasteiger partial charge in [-0.05, 0) is 7.05 Å². The maximum absolute atomic E-state index is 11.7. The highest BCUT2D eigenvalue weighted by atomic mass is 16.2. The van der Waals surface area contributed by atoms with Gasteiger partial charge in [-0.1, -0.05) is 13.8 Å². The second kappa shape index (κ2) is 4.43. The minimum Gasteiger partial charge on any atom is -0.324 e. The van der Waals surface area contributed by atoms with Gasteiger partial charge in [-0.2, -0.15) is 5.26 Å². The first kappa shape index (κ1) is 11.0. The lowest BCUT2D eigenvalue weighted by molar-refractivity contribution is -0.137. The molecule has 1 fully saturated rings. The van der Waals surface area contributed by atoms with E-state index in [0.717, 1.165) is 6.54 Å². The Morgan fingerprint density at radius 3 is 2.64 bits per heavy atom. The van der Waals surface area contributed by atoms with Crippen molar-refractivity contribution in [1.29, 1.82) is 5.26 Å². The van der Waals surface area contributed by atoms with Crippen LogP contribution in [0.3, 0.4) is 0 Å². The first-order valence-electron chi connectivity index (χ1n) is 4.95. The molecule has 1 heterocycles. The van der Waals surface area contributed by atoms with Gasteiger partial charge in [0.05, 0.1) is 6.07 Å². The van der Waals surface area contributed by atoms with Crippen LogP contribution >= 0.6 is 0 Å². The third kappa shape index (κ3) is 2.24. The number of rotatable bonds is 1. The van der Waals surface area contributed by atoms with Crippen LogP contribution in [0.15, 0.2) is 0 Å². The van der Waals surface area contributed by atoms with E-state index in [2.05, 4.69) is 11.0 Å². The normalized spacial score (nSPS) is 23.6. The molecule has 0 aliphatic carbocycles. The van der Waals surface area contributed by atoms with Crippen molar-refractivity contribution in [3.8, 4) is 6.07 Å².